The Morgan fingerprint density at radius 2 is 1.67 bits per heavy atom. The number of rotatable bonds is 5. The lowest BCUT2D eigenvalue weighted by Crippen LogP contribution is -2.40. The summed E-state index contributed by atoms with van der Waals surface area (Å²) in [5.74, 6) is -6.12. The van der Waals surface area contributed by atoms with Gasteiger partial charge in [-0.1, -0.05) is 18.2 Å². The third-order valence-corrected chi connectivity index (χ3v) is 3.37. The van der Waals surface area contributed by atoms with Gasteiger partial charge in [0.15, 0.2) is 17.5 Å². The third-order valence-electron chi connectivity index (χ3n) is 3.37. The molecule has 2 aromatic carbocycles. The summed E-state index contributed by atoms with van der Waals surface area (Å²) in [4.78, 5) is 25.5. The number of likely N-dealkylation sites (N-methyl/N-ethyl adjacent to an activating group) is 1. The fraction of sp³-hybridized carbons (Fsp3) is 0.176. The van der Waals surface area contributed by atoms with Crippen molar-refractivity contribution in [1.82, 2.24) is 5.32 Å². The predicted octanol–water partition coefficient (Wildman–Crippen LogP) is 2.89. The van der Waals surface area contributed by atoms with E-state index in [0.717, 1.165) is 6.07 Å². The molecule has 0 radical (unpaired) electrons. The summed E-state index contributed by atoms with van der Waals surface area (Å²) in [7, 11) is 0. The number of nitrogens with one attached hydrogen (secondary N) is 1. The van der Waals surface area contributed by atoms with Gasteiger partial charge in [0.1, 0.15) is 0 Å². The van der Waals surface area contributed by atoms with E-state index in [9.17, 15) is 22.8 Å². The first-order valence-electron chi connectivity index (χ1n) is 7.22. The van der Waals surface area contributed by atoms with E-state index in [4.69, 9.17) is 0 Å². The van der Waals surface area contributed by atoms with Gasteiger partial charge < -0.3 is 10.2 Å². The van der Waals surface area contributed by atoms with E-state index in [-0.39, 0.29) is 0 Å². The molecule has 0 fully saturated rings. The first-order valence-corrected chi connectivity index (χ1v) is 7.22. The summed E-state index contributed by atoms with van der Waals surface area (Å²) < 4.78 is 39.6. The van der Waals surface area contributed by atoms with Gasteiger partial charge in [-0.3, -0.25) is 9.59 Å². The molecule has 4 nitrogen and oxygen atoms in total. The minimum atomic E-state index is -1.73. The third kappa shape index (κ3) is 3.73. The van der Waals surface area contributed by atoms with E-state index in [2.05, 4.69) is 5.32 Å². The van der Waals surface area contributed by atoms with Gasteiger partial charge in [0.2, 0.25) is 5.91 Å². The molecule has 1 N–H and O–H groups in total. The minimum absolute atomic E-state index is 0.373. The Kier molecular flexibility index (Phi) is 5.57. The second-order valence-electron chi connectivity index (χ2n) is 4.88. The average Bonchev–Trinajstić information content (AvgIpc) is 2.59. The maximum absolute atomic E-state index is 13.6. The van der Waals surface area contributed by atoms with Crippen LogP contribution in [0.3, 0.4) is 0 Å². The van der Waals surface area contributed by atoms with Crippen LogP contribution in [0.15, 0.2) is 42.5 Å². The van der Waals surface area contributed by atoms with Crippen LogP contribution in [0.4, 0.5) is 18.9 Å². The quantitative estimate of drug-likeness (QED) is 0.854. The van der Waals surface area contributed by atoms with Crippen LogP contribution in [0, 0.1) is 17.5 Å². The summed E-state index contributed by atoms with van der Waals surface area (Å²) in [5, 5.41) is 2.21. The summed E-state index contributed by atoms with van der Waals surface area (Å²) in [6.07, 6.45) is 0. The number of nitrogens with zero attached hydrogens (tertiary/aromatic N) is 1. The molecule has 0 aliphatic heterocycles. The Bertz CT molecular complexity index is 751. The second-order valence-corrected chi connectivity index (χ2v) is 4.88. The summed E-state index contributed by atoms with van der Waals surface area (Å²) in [5.41, 5.74) is -0.0114. The largest absolute Gasteiger partial charge is 0.343 e. The SMILES string of the molecule is CCN(C(=O)CNC(=O)c1ccc(F)c(F)c1F)c1ccccc1. The Balaban J connectivity index is 2.06. The van der Waals surface area contributed by atoms with Crippen molar-refractivity contribution >= 4 is 17.5 Å². The van der Waals surface area contributed by atoms with Crippen LogP contribution in [-0.2, 0) is 4.79 Å². The van der Waals surface area contributed by atoms with Gasteiger partial charge >= 0.3 is 0 Å². The van der Waals surface area contributed by atoms with E-state index in [1.54, 1.807) is 37.3 Å². The molecule has 0 saturated carbocycles. The Morgan fingerprint density at radius 3 is 2.29 bits per heavy atom. The maximum Gasteiger partial charge on any atom is 0.254 e. The summed E-state index contributed by atoms with van der Waals surface area (Å²) in [6.45, 7) is 1.74. The van der Waals surface area contributed by atoms with Crippen molar-refractivity contribution in [3.05, 3.63) is 65.5 Å². The van der Waals surface area contributed by atoms with Crippen LogP contribution < -0.4 is 10.2 Å². The van der Waals surface area contributed by atoms with Gasteiger partial charge in [-0.15, -0.1) is 0 Å². The van der Waals surface area contributed by atoms with Crippen LogP contribution in [0.5, 0.6) is 0 Å². The highest BCUT2D eigenvalue weighted by Crippen LogP contribution is 2.15. The van der Waals surface area contributed by atoms with Crippen LogP contribution in [0.25, 0.3) is 0 Å². The fourth-order valence-corrected chi connectivity index (χ4v) is 2.16. The van der Waals surface area contributed by atoms with Gasteiger partial charge in [-0.2, -0.15) is 0 Å². The predicted molar refractivity (Wildman–Crippen MR) is 83.1 cm³/mol. The molecule has 0 aromatic heterocycles. The average molecular weight is 336 g/mol. The molecular formula is C17H15F3N2O2. The molecule has 0 bridgehead atoms. The molecule has 0 saturated heterocycles. The zero-order valence-electron chi connectivity index (χ0n) is 12.9. The number of anilines is 1. The van der Waals surface area contributed by atoms with Crippen LogP contribution in [-0.4, -0.2) is 24.9 Å². The molecule has 0 aliphatic rings. The molecule has 7 heteroatoms. The molecule has 2 rings (SSSR count). The van der Waals surface area contributed by atoms with E-state index >= 15 is 0 Å². The number of hydrogen-bond acceptors (Lipinski definition) is 2. The smallest absolute Gasteiger partial charge is 0.254 e. The summed E-state index contributed by atoms with van der Waals surface area (Å²) >= 11 is 0. The van der Waals surface area contributed by atoms with Gasteiger partial charge in [0.05, 0.1) is 12.1 Å². The number of benzene rings is 2. The van der Waals surface area contributed by atoms with Crippen molar-refractivity contribution in [2.45, 2.75) is 6.92 Å². The zero-order valence-corrected chi connectivity index (χ0v) is 12.9. The molecule has 0 unspecified atom stereocenters. The van der Waals surface area contributed by atoms with E-state index in [1.807, 2.05) is 0 Å². The number of halogens is 3. The van der Waals surface area contributed by atoms with Gasteiger partial charge in [-0.25, -0.2) is 13.2 Å². The van der Waals surface area contributed by atoms with Crippen LogP contribution in [0.2, 0.25) is 0 Å². The molecule has 0 heterocycles. The second kappa shape index (κ2) is 7.63. The first-order chi connectivity index (χ1) is 11.5. The van der Waals surface area contributed by atoms with Crippen molar-refractivity contribution < 1.29 is 22.8 Å². The topological polar surface area (TPSA) is 49.4 Å². The van der Waals surface area contributed by atoms with Crippen molar-refractivity contribution in [3.8, 4) is 0 Å². The minimum Gasteiger partial charge on any atom is -0.343 e. The molecule has 126 valence electrons. The molecule has 0 spiro atoms. The normalized spacial score (nSPS) is 10.3. The lowest BCUT2D eigenvalue weighted by Gasteiger charge is -2.21. The monoisotopic (exact) mass is 336 g/mol. The van der Waals surface area contributed by atoms with Crippen molar-refractivity contribution in [2.75, 3.05) is 18.0 Å². The molecule has 0 aliphatic carbocycles. The standard InChI is InChI=1S/C17H15F3N2O2/c1-2-22(11-6-4-3-5-7-11)14(23)10-21-17(24)12-8-9-13(18)16(20)15(12)19/h3-9H,2,10H2,1H3,(H,21,24). The zero-order chi connectivity index (χ0) is 17.7. The fourth-order valence-electron chi connectivity index (χ4n) is 2.16. The van der Waals surface area contributed by atoms with Crippen LogP contribution >= 0.6 is 0 Å². The lowest BCUT2D eigenvalue weighted by molar-refractivity contribution is -0.117. The number of carbonyl (C=O) groups is 2. The molecule has 2 aromatic rings. The van der Waals surface area contributed by atoms with Crippen molar-refractivity contribution in [1.29, 1.82) is 0 Å². The Hall–Kier alpha value is -2.83. The van der Waals surface area contributed by atoms with Crippen LogP contribution in [0.1, 0.15) is 17.3 Å². The van der Waals surface area contributed by atoms with E-state index in [1.165, 1.54) is 4.90 Å². The van der Waals surface area contributed by atoms with Gasteiger partial charge in [-0.05, 0) is 31.2 Å². The Morgan fingerprint density at radius 1 is 1.00 bits per heavy atom. The summed E-state index contributed by atoms with van der Waals surface area (Å²) in [6, 6.07) is 10.3. The highest BCUT2D eigenvalue weighted by Gasteiger charge is 2.20. The highest BCUT2D eigenvalue weighted by atomic mass is 19.2. The van der Waals surface area contributed by atoms with E-state index < -0.39 is 41.4 Å². The van der Waals surface area contributed by atoms with Gasteiger partial charge in [0, 0.05) is 12.2 Å². The number of amides is 2. The number of hydrogen-bond donors (Lipinski definition) is 1. The molecule has 2 amide bonds. The Labute approximate surface area is 136 Å². The van der Waals surface area contributed by atoms with Gasteiger partial charge in [0.25, 0.3) is 5.91 Å². The number of carbonyl (C=O) groups excluding carboxylic acids is 2. The van der Waals surface area contributed by atoms with Crippen molar-refractivity contribution in [2.24, 2.45) is 0 Å². The highest BCUT2D eigenvalue weighted by molar-refractivity contribution is 6.00. The lowest BCUT2D eigenvalue weighted by atomic mass is 10.2. The van der Waals surface area contributed by atoms with E-state index in [0.29, 0.717) is 18.3 Å². The molecule has 0 atom stereocenters. The maximum atomic E-state index is 13.6. The number of para-hydroxylation sites is 1. The molecule has 24 heavy (non-hydrogen) atoms. The molecular weight excluding hydrogens is 321 g/mol. The van der Waals surface area contributed by atoms with Crippen molar-refractivity contribution in [3.63, 3.8) is 0 Å². The first kappa shape index (κ1) is 17.5.